The van der Waals surface area contributed by atoms with E-state index in [2.05, 4.69) is 5.32 Å². The van der Waals surface area contributed by atoms with Crippen LogP contribution >= 0.6 is 23.2 Å². The zero-order valence-corrected chi connectivity index (χ0v) is 18.0. The van der Waals surface area contributed by atoms with Crippen molar-refractivity contribution in [3.63, 3.8) is 0 Å². The molecule has 0 aliphatic carbocycles. The molecular weight excluding hydrogens is 427 g/mol. The van der Waals surface area contributed by atoms with E-state index >= 15 is 0 Å². The Labute approximate surface area is 174 Å². The van der Waals surface area contributed by atoms with Gasteiger partial charge in [-0.05, 0) is 37.3 Å². The minimum absolute atomic E-state index is 0.112. The first-order chi connectivity index (χ1) is 13.1. The van der Waals surface area contributed by atoms with Crippen molar-refractivity contribution < 1.29 is 22.7 Å². The second kappa shape index (κ2) is 8.89. The van der Waals surface area contributed by atoms with Gasteiger partial charge in [0.1, 0.15) is 17.5 Å². The predicted octanol–water partition coefficient (Wildman–Crippen LogP) is 3.80. The van der Waals surface area contributed by atoms with Gasteiger partial charge in [0.2, 0.25) is 15.9 Å². The van der Waals surface area contributed by atoms with Gasteiger partial charge in [0.15, 0.2) is 0 Å². The summed E-state index contributed by atoms with van der Waals surface area (Å²) in [6, 6.07) is 8.11. The predicted molar refractivity (Wildman–Crippen MR) is 111 cm³/mol. The second-order valence-electron chi connectivity index (χ2n) is 5.89. The molecule has 0 aliphatic heterocycles. The number of hydrogen-bond acceptors (Lipinski definition) is 5. The fourth-order valence-electron chi connectivity index (χ4n) is 2.57. The van der Waals surface area contributed by atoms with Crippen LogP contribution in [0.15, 0.2) is 36.4 Å². The number of ether oxygens (including phenoxy) is 2. The Morgan fingerprint density at radius 3 is 2.36 bits per heavy atom. The van der Waals surface area contributed by atoms with Gasteiger partial charge in [-0.2, -0.15) is 0 Å². The molecule has 2 rings (SSSR count). The lowest BCUT2D eigenvalue weighted by atomic mass is 10.2. The molecule has 2 aromatic carbocycles. The number of sulfonamides is 1. The number of halogens is 2. The van der Waals surface area contributed by atoms with Crippen molar-refractivity contribution in [3.05, 3.63) is 46.4 Å². The van der Waals surface area contributed by atoms with Gasteiger partial charge in [-0.3, -0.25) is 9.10 Å². The molecular formula is C18H20Cl2N2O5S. The number of amides is 1. The van der Waals surface area contributed by atoms with Gasteiger partial charge in [0.05, 0.1) is 36.9 Å². The van der Waals surface area contributed by atoms with Crippen molar-refractivity contribution in [2.45, 2.75) is 13.0 Å². The van der Waals surface area contributed by atoms with E-state index in [1.807, 2.05) is 0 Å². The van der Waals surface area contributed by atoms with E-state index in [0.717, 1.165) is 10.6 Å². The molecule has 28 heavy (non-hydrogen) atoms. The fraction of sp³-hybridized carbons (Fsp3) is 0.278. The average molecular weight is 447 g/mol. The molecule has 0 radical (unpaired) electrons. The SMILES string of the molecule is COc1ccc(NC(=O)[C@H](C)N(c2cc(Cl)ccc2Cl)S(C)(=O)=O)c(OC)c1. The van der Waals surface area contributed by atoms with E-state index < -0.39 is 22.0 Å². The van der Waals surface area contributed by atoms with E-state index in [1.165, 1.54) is 39.3 Å². The molecule has 1 N–H and O–H groups in total. The Hall–Kier alpha value is -2.16. The average Bonchev–Trinajstić information content (AvgIpc) is 2.63. The van der Waals surface area contributed by atoms with Gasteiger partial charge in [0, 0.05) is 11.1 Å². The van der Waals surface area contributed by atoms with Crippen LogP contribution in [0, 0.1) is 0 Å². The maximum atomic E-state index is 12.8. The number of carbonyl (C=O) groups is 1. The largest absolute Gasteiger partial charge is 0.497 e. The van der Waals surface area contributed by atoms with Crippen molar-refractivity contribution in [3.8, 4) is 11.5 Å². The normalized spacial score (nSPS) is 12.2. The van der Waals surface area contributed by atoms with Gasteiger partial charge in [-0.25, -0.2) is 8.42 Å². The minimum atomic E-state index is -3.84. The molecule has 1 amide bonds. The van der Waals surface area contributed by atoms with Gasteiger partial charge in [0.25, 0.3) is 0 Å². The van der Waals surface area contributed by atoms with Crippen molar-refractivity contribution in [2.24, 2.45) is 0 Å². The van der Waals surface area contributed by atoms with Crippen LogP contribution in [0.25, 0.3) is 0 Å². The maximum Gasteiger partial charge on any atom is 0.248 e. The molecule has 0 saturated heterocycles. The Morgan fingerprint density at radius 2 is 1.79 bits per heavy atom. The lowest BCUT2D eigenvalue weighted by Crippen LogP contribution is -2.45. The van der Waals surface area contributed by atoms with E-state index in [1.54, 1.807) is 18.2 Å². The molecule has 0 bridgehead atoms. The molecule has 152 valence electrons. The van der Waals surface area contributed by atoms with Gasteiger partial charge < -0.3 is 14.8 Å². The summed E-state index contributed by atoms with van der Waals surface area (Å²) in [5, 5.41) is 3.11. The summed E-state index contributed by atoms with van der Waals surface area (Å²) >= 11 is 12.1. The lowest BCUT2D eigenvalue weighted by Gasteiger charge is -2.29. The maximum absolute atomic E-state index is 12.8. The summed E-state index contributed by atoms with van der Waals surface area (Å²) in [5.41, 5.74) is 0.479. The van der Waals surface area contributed by atoms with E-state index in [4.69, 9.17) is 32.7 Å². The summed E-state index contributed by atoms with van der Waals surface area (Å²) in [5.74, 6) is 0.336. The Morgan fingerprint density at radius 1 is 1.11 bits per heavy atom. The highest BCUT2D eigenvalue weighted by Gasteiger charge is 2.31. The highest BCUT2D eigenvalue weighted by Crippen LogP contribution is 2.33. The summed E-state index contributed by atoms with van der Waals surface area (Å²) in [6.07, 6.45) is 0.988. The molecule has 0 aliphatic rings. The Bertz CT molecular complexity index is 982. The molecule has 7 nitrogen and oxygen atoms in total. The Kier molecular flexibility index (Phi) is 7.03. The van der Waals surface area contributed by atoms with Crippen LogP contribution in [0.2, 0.25) is 10.0 Å². The van der Waals surface area contributed by atoms with Crippen molar-refractivity contribution in [2.75, 3.05) is 30.1 Å². The summed E-state index contributed by atoms with van der Waals surface area (Å²) in [4.78, 5) is 12.8. The van der Waals surface area contributed by atoms with Crippen LogP contribution in [0.3, 0.4) is 0 Å². The molecule has 0 saturated carbocycles. The topological polar surface area (TPSA) is 84.9 Å². The summed E-state index contributed by atoms with van der Waals surface area (Å²) in [7, 11) is -0.887. The second-order valence-corrected chi connectivity index (χ2v) is 8.59. The van der Waals surface area contributed by atoms with E-state index in [-0.39, 0.29) is 15.7 Å². The third kappa shape index (κ3) is 5.01. The van der Waals surface area contributed by atoms with E-state index in [9.17, 15) is 13.2 Å². The molecule has 1 atom stereocenters. The molecule has 2 aromatic rings. The first kappa shape index (κ1) is 22.1. The third-order valence-corrected chi connectivity index (χ3v) is 5.68. The van der Waals surface area contributed by atoms with Gasteiger partial charge in [-0.1, -0.05) is 23.2 Å². The van der Waals surface area contributed by atoms with Crippen molar-refractivity contribution in [1.29, 1.82) is 0 Å². The lowest BCUT2D eigenvalue weighted by molar-refractivity contribution is -0.116. The monoisotopic (exact) mass is 446 g/mol. The van der Waals surface area contributed by atoms with Crippen LogP contribution in [0.5, 0.6) is 11.5 Å². The molecule has 0 aromatic heterocycles. The zero-order chi connectivity index (χ0) is 21.1. The van der Waals surface area contributed by atoms with Gasteiger partial charge in [-0.15, -0.1) is 0 Å². The zero-order valence-electron chi connectivity index (χ0n) is 15.7. The highest BCUT2D eigenvalue weighted by molar-refractivity contribution is 7.92. The van der Waals surface area contributed by atoms with Crippen LogP contribution in [0.1, 0.15) is 6.92 Å². The molecule has 0 spiro atoms. The molecule has 0 heterocycles. The summed E-state index contributed by atoms with van der Waals surface area (Å²) in [6.45, 7) is 1.45. The number of carbonyl (C=O) groups excluding carboxylic acids is 1. The van der Waals surface area contributed by atoms with Crippen LogP contribution in [-0.2, 0) is 14.8 Å². The Balaban J connectivity index is 2.39. The number of methoxy groups -OCH3 is 2. The van der Waals surface area contributed by atoms with Crippen LogP contribution < -0.4 is 19.1 Å². The minimum Gasteiger partial charge on any atom is -0.497 e. The molecule has 10 heteroatoms. The smallest absolute Gasteiger partial charge is 0.248 e. The van der Waals surface area contributed by atoms with Crippen molar-refractivity contribution >= 4 is 50.5 Å². The first-order valence-corrected chi connectivity index (χ1v) is 10.7. The first-order valence-electron chi connectivity index (χ1n) is 8.05. The van der Waals surface area contributed by atoms with E-state index in [0.29, 0.717) is 17.2 Å². The fourth-order valence-corrected chi connectivity index (χ4v) is 4.18. The third-order valence-electron chi connectivity index (χ3n) is 3.90. The molecule has 0 fully saturated rings. The van der Waals surface area contributed by atoms with Crippen molar-refractivity contribution in [1.82, 2.24) is 0 Å². The van der Waals surface area contributed by atoms with Gasteiger partial charge >= 0.3 is 0 Å². The number of anilines is 2. The number of benzene rings is 2. The number of rotatable bonds is 7. The number of nitrogens with zero attached hydrogens (tertiary/aromatic N) is 1. The van der Waals surface area contributed by atoms with Crippen LogP contribution in [-0.4, -0.2) is 40.8 Å². The number of hydrogen-bond donors (Lipinski definition) is 1. The standard InChI is InChI=1S/C18H20Cl2N2O5S/c1-11(18(23)21-15-8-6-13(26-2)10-17(15)27-3)22(28(4,24)25)16-9-12(19)5-7-14(16)20/h5-11H,1-4H3,(H,21,23)/t11-/m0/s1. The number of nitrogens with one attached hydrogen (secondary N) is 1. The van der Waals surface area contributed by atoms with Crippen LogP contribution in [0.4, 0.5) is 11.4 Å². The highest BCUT2D eigenvalue weighted by atomic mass is 35.5. The summed E-state index contributed by atoms with van der Waals surface area (Å²) < 4.78 is 36.1. The quantitative estimate of drug-likeness (QED) is 0.698. The molecule has 0 unspecified atom stereocenters.